The van der Waals surface area contributed by atoms with E-state index < -0.39 is 20.3 Å². The lowest BCUT2D eigenvalue weighted by Gasteiger charge is -2.05. The Morgan fingerprint density at radius 2 is 1.73 bits per heavy atom. The molecule has 0 aliphatic heterocycles. The molecule has 0 aliphatic carbocycles. The van der Waals surface area contributed by atoms with Gasteiger partial charge < -0.3 is 15.8 Å². The van der Waals surface area contributed by atoms with Gasteiger partial charge in [-0.3, -0.25) is 8.63 Å². The first-order chi connectivity index (χ1) is 7.00. The second-order valence-corrected chi connectivity index (χ2v) is 3.41. The molecule has 3 nitrogen and oxygen atoms in total. The first-order valence-electron chi connectivity index (χ1n) is 4.57. The summed E-state index contributed by atoms with van der Waals surface area (Å²) in [6.07, 6.45) is 0.180. The zero-order chi connectivity index (χ0) is 11.4. The number of halogens is 2. The van der Waals surface area contributed by atoms with Crippen LogP contribution in [0.5, 0.6) is 0 Å². The highest BCUT2D eigenvalue weighted by Gasteiger charge is 2.27. The van der Waals surface area contributed by atoms with Crippen molar-refractivity contribution in [2.45, 2.75) is 12.4 Å². The van der Waals surface area contributed by atoms with Crippen LogP contribution in [-0.4, -0.2) is 30.4 Å². The normalized spacial score (nSPS) is 12.3. The van der Waals surface area contributed by atoms with Gasteiger partial charge in [0.25, 0.3) is 0 Å². The molecule has 7 heteroatoms. The van der Waals surface area contributed by atoms with Gasteiger partial charge in [-0.2, -0.15) is 0 Å². The second-order valence-electron chi connectivity index (χ2n) is 3.41. The van der Waals surface area contributed by atoms with Gasteiger partial charge in [-0.1, -0.05) is 24.3 Å². The van der Waals surface area contributed by atoms with Crippen molar-refractivity contribution in [1.29, 1.82) is 0 Å². The molecule has 0 radical (unpaired) electrons. The molecule has 0 saturated carbocycles. The van der Waals surface area contributed by atoms with Gasteiger partial charge in [-0.25, -0.2) is 0 Å². The molecule has 0 unspecified atom stereocenters. The molecule has 0 heterocycles. The highest BCUT2D eigenvalue weighted by molar-refractivity contribution is 6.58. The molecule has 0 aromatic heterocycles. The van der Waals surface area contributed by atoms with E-state index in [1.54, 1.807) is 12.1 Å². The molecular formula is C8H12B2F2NO2+. The lowest BCUT2D eigenvalue weighted by Crippen LogP contribution is -2.67. The Balaban J connectivity index is 2.64. The van der Waals surface area contributed by atoms with E-state index in [0.717, 1.165) is 0 Å². The van der Waals surface area contributed by atoms with E-state index in [-0.39, 0.29) is 6.42 Å². The molecular weight excluding hydrogens is 201 g/mol. The van der Waals surface area contributed by atoms with Crippen molar-refractivity contribution in [3.63, 3.8) is 0 Å². The topological polar surface area (TPSA) is 68.1 Å². The van der Waals surface area contributed by atoms with E-state index in [9.17, 15) is 8.63 Å². The minimum Gasteiger partial charge on any atom is -0.423 e. The number of rotatable bonds is 4. The number of hydrogen-bond acceptors (Lipinski definition) is 2. The third-order valence-corrected chi connectivity index (χ3v) is 2.13. The summed E-state index contributed by atoms with van der Waals surface area (Å²) in [5.74, 6) is -0.935. The van der Waals surface area contributed by atoms with Crippen LogP contribution in [0.4, 0.5) is 8.63 Å². The first-order valence-corrected chi connectivity index (χ1v) is 4.57. The van der Waals surface area contributed by atoms with Crippen LogP contribution in [0.15, 0.2) is 24.3 Å². The van der Waals surface area contributed by atoms with Gasteiger partial charge in [0, 0.05) is 6.42 Å². The Morgan fingerprint density at radius 3 is 2.13 bits per heavy atom. The summed E-state index contributed by atoms with van der Waals surface area (Å²) in [7, 11) is -3.96. The van der Waals surface area contributed by atoms with E-state index in [4.69, 9.17) is 10.0 Å². The van der Waals surface area contributed by atoms with Crippen LogP contribution < -0.4 is 11.2 Å². The van der Waals surface area contributed by atoms with E-state index in [1.165, 1.54) is 12.1 Å². The van der Waals surface area contributed by atoms with Crippen LogP contribution in [0.1, 0.15) is 5.56 Å². The molecule has 1 aromatic carbocycles. The third kappa shape index (κ3) is 3.62. The van der Waals surface area contributed by atoms with E-state index in [0.29, 0.717) is 11.0 Å². The van der Waals surface area contributed by atoms with Gasteiger partial charge in [-0.05, 0) is 11.0 Å². The molecule has 80 valence electrons. The van der Waals surface area contributed by atoms with Crippen molar-refractivity contribution in [3.8, 4) is 0 Å². The molecule has 0 amide bonds. The zero-order valence-corrected chi connectivity index (χ0v) is 8.11. The maximum Gasteiger partial charge on any atom is 0.596 e. The number of benzene rings is 1. The standard InChI is InChI=1S/C8H11B2F2NO2/c11-9(12)8(13)5-6-1-3-7(4-2-6)10(14)15/h1-4,8,14-15H,5,13H2/p+1/t8-/m0/s1/i11-1. The van der Waals surface area contributed by atoms with Gasteiger partial charge in [0.1, 0.15) is 5.94 Å². The molecule has 0 saturated heterocycles. The van der Waals surface area contributed by atoms with Gasteiger partial charge >= 0.3 is 14.4 Å². The summed E-state index contributed by atoms with van der Waals surface area (Å²) in [6, 6.07) is 6.18. The van der Waals surface area contributed by atoms with E-state index >= 15 is 0 Å². The molecule has 1 rings (SSSR count). The van der Waals surface area contributed by atoms with Crippen molar-refractivity contribution in [2.24, 2.45) is 0 Å². The fraction of sp³-hybridized carbons (Fsp3) is 0.250. The smallest absolute Gasteiger partial charge is 0.423 e. The van der Waals surface area contributed by atoms with Crippen LogP contribution in [0.2, 0.25) is 0 Å². The second kappa shape index (κ2) is 5.25. The van der Waals surface area contributed by atoms with Crippen molar-refractivity contribution >= 4 is 19.8 Å². The van der Waals surface area contributed by atoms with Gasteiger partial charge in [-0.15, -0.1) is 0 Å². The molecule has 15 heavy (non-hydrogen) atoms. The summed E-state index contributed by atoms with van der Waals surface area (Å²) < 4.78 is 24.4. The van der Waals surface area contributed by atoms with E-state index in [1.807, 2.05) is 0 Å². The highest BCUT2D eigenvalue weighted by atomic mass is 19.1. The monoisotopic (exact) mass is 213 g/mol. The van der Waals surface area contributed by atoms with Crippen LogP contribution in [0.25, 0.3) is 0 Å². The Hall–Kier alpha value is -0.910. The largest absolute Gasteiger partial charge is 0.596 e. The average molecular weight is 213 g/mol. The number of hydrogen-bond donors (Lipinski definition) is 3. The van der Waals surface area contributed by atoms with Crippen LogP contribution in [0, 0.1) is 0 Å². The van der Waals surface area contributed by atoms with Gasteiger partial charge in [0.15, 0.2) is 0 Å². The van der Waals surface area contributed by atoms with Crippen molar-refractivity contribution in [2.75, 3.05) is 0 Å². The van der Waals surface area contributed by atoms with Crippen molar-refractivity contribution < 1.29 is 24.4 Å². The molecule has 0 fully saturated rings. The fourth-order valence-corrected chi connectivity index (χ4v) is 1.22. The van der Waals surface area contributed by atoms with Crippen molar-refractivity contribution in [3.05, 3.63) is 29.8 Å². The van der Waals surface area contributed by atoms with Crippen LogP contribution in [-0.2, 0) is 6.42 Å². The number of quaternary nitrogens is 1. The third-order valence-electron chi connectivity index (χ3n) is 2.13. The lowest BCUT2D eigenvalue weighted by atomic mass is 9.78. The zero-order valence-electron chi connectivity index (χ0n) is 8.11. The summed E-state index contributed by atoms with van der Waals surface area (Å²) in [5.41, 5.74) is 4.39. The van der Waals surface area contributed by atoms with Crippen LogP contribution >= 0.6 is 0 Å². The molecule has 0 aliphatic rings. The summed E-state index contributed by atoms with van der Waals surface area (Å²) in [6.45, 7) is 0. The lowest BCUT2D eigenvalue weighted by molar-refractivity contribution is -0.394. The maximum atomic E-state index is 12.2. The Kier molecular flexibility index (Phi) is 4.26. The SMILES string of the molecule is [NH3+][C@@H](Cc1ccc(B(O)O)cc1)B(F)[18F]. The van der Waals surface area contributed by atoms with Gasteiger partial charge in [0.2, 0.25) is 0 Å². The fourth-order valence-electron chi connectivity index (χ4n) is 1.22. The minimum absolute atomic E-state index is 0.180. The highest BCUT2D eigenvalue weighted by Crippen LogP contribution is 2.03. The Labute approximate surface area is 87.2 Å². The summed E-state index contributed by atoms with van der Waals surface area (Å²) >= 11 is 0. The van der Waals surface area contributed by atoms with Crippen LogP contribution in [0.3, 0.4) is 0 Å². The average Bonchev–Trinajstić information content (AvgIpc) is 2.18. The predicted molar refractivity (Wildman–Crippen MR) is 54.6 cm³/mol. The Bertz CT molecular complexity index is 308. The van der Waals surface area contributed by atoms with Crippen molar-refractivity contribution in [1.82, 2.24) is 0 Å². The first kappa shape index (κ1) is 12.2. The molecule has 1 atom stereocenters. The predicted octanol–water partition coefficient (Wildman–Crippen LogP) is -1.51. The molecule has 5 N–H and O–H groups in total. The Morgan fingerprint density at radius 1 is 1.20 bits per heavy atom. The molecule has 1 aromatic rings. The minimum atomic E-state index is -2.44. The van der Waals surface area contributed by atoms with E-state index in [2.05, 4.69) is 5.73 Å². The summed E-state index contributed by atoms with van der Waals surface area (Å²) in [5, 5.41) is 17.6. The van der Waals surface area contributed by atoms with Gasteiger partial charge in [0.05, 0.1) is 0 Å². The quantitative estimate of drug-likeness (QED) is 0.532. The summed E-state index contributed by atoms with van der Waals surface area (Å²) in [4.78, 5) is 0. The maximum absolute atomic E-state index is 12.2. The molecule has 0 bridgehead atoms. The molecule has 0 spiro atoms.